The topological polar surface area (TPSA) is 24.5 Å². The highest BCUT2D eigenvalue weighted by Crippen LogP contribution is 2.25. The summed E-state index contributed by atoms with van der Waals surface area (Å²) in [5, 5.41) is 3.38. The molecule has 1 heterocycles. The Kier molecular flexibility index (Phi) is 4.84. The summed E-state index contributed by atoms with van der Waals surface area (Å²) >= 11 is 0. The molecule has 0 aromatic heterocycles. The van der Waals surface area contributed by atoms with E-state index < -0.39 is 0 Å². The monoisotopic (exact) mass is 274 g/mol. The largest absolute Gasteiger partial charge is 0.488 e. The van der Waals surface area contributed by atoms with E-state index in [9.17, 15) is 0 Å². The molecule has 1 aromatic rings. The number of hydrogen-bond acceptors (Lipinski definition) is 3. The first-order chi connectivity index (χ1) is 9.49. The molecule has 1 aromatic carbocycles. The number of nitrogens with one attached hydrogen (secondary N) is 1. The standard InChI is InChI=1S/C17H26N2O/c1-5-16(19-12-10-18-11-13-19)14-6-8-15(9-7-14)20-17(2,3)4/h5-9,16,18H,1,10-13H2,2-4H3/t16-/m0/s1. The summed E-state index contributed by atoms with van der Waals surface area (Å²) in [6, 6.07) is 8.70. The summed E-state index contributed by atoms with van der Waals surface area (Å²) < 4.78 is 5.87. The third-order valence-electron chi connectivity index (χ3n) is 3.41. The van der Waals surface area contributed by atoms with Crippen molar-refractivity contribution in [1.29, 1.82) is 0 Å². The van der Waals surface area contributed by atoms with E-state index in [1.807, 2.05) is 6.08 Å². The van der Waals surface area contributed by atoms with Crippen molar-refractivity contribution >= 4 is 0 Å². The Bertz CT molecular complexity index is 427. The van der Waals surface area contributed by atoms with Gasteiger partial charge in [0.2, 0.25) is 0 Å². The number of hydrogen-bond donors (Lipinski definition) is 1. The Balaban J connectivity index is 2.08. The first-order valence-electron chi connectivity index (χ1n) is 7.36. The van der Waals surface area contributed by atoms with Crippen LogP contribution in [0.25, 0.3) is 0 Å². The normalized spacial score (nSPS) is 18.6. The van der Waals surface area contributed by atoms with Crippen molar-refractivity contribution in [2.75, 3.05) is 26.2 Å². The van der Waals surface area contributed by atoms with Crippen LogP contribution in [0.5, 0.6) is 5.75 Å². The van der Waals surface area contributed by atoms with E-state index >= 15 is 0 Å². The molecule has 2 rings (SSSR count). The fourth-order valence-electron chi connectivity index (χ4n) is 2.54. The zero-order valence-electron chi connectivity index (χ0n) is 12.9. The molecule has 1 saturated heterocycles. The van der Waals surface area contributed by atoms with E-state index in [1.165, 1.54) is 5.56 Å². The summed E-state index contributed by atoms with van der Waals surface area (Å²) in [7, 11) is 0. The van der Waals surface area contributed by atoms with E-state index in [2.05, 4.69) is 61.8 Å². The minimum Gasteiger partial charge on any atom is -0.488 e. The van der Waals surface area contributed by atoms with E-state index in [0.717, 1.165) is 31.9 Å². The molecule has 1 aliphatic heterocycles. The Morgan fingerprint density at radius 1 is 1.20 bits per heavy atom. The van der Waals surface area contributed by atoms with Crippen LogP contribution in [0, 0.1) is 0 Å². The van der Waals surface area contributed by atoms with Gasteiger partial charge in [-0.1, -0.05) is 18.2 Å². The molecule has 110 valence electrons. The maximum atomic E-state index is 5.87. The Labute approximate surface area is 122 Å². The highest BCUT2D eigenvalue weighted by atomic mass is 16.5. The Morgan fingerprint density at radius 3 is 2.30 bits per heavy atom. The molecule has 0 saturated carbocycles. The lowest BCUT2D eigenvalue weighted by molar-refractivity contribution is 0.131. The average Bonchev–Trinajstić information content (AvgIpc) is 2.41. The van der Waals surface area contributed by atoms with Crippen LogP contribution in [0.1, 0.15) is 32.4 Å². The smallest absolute Gasteiger partial charge is 0.120 e. The van der Waals surface area contributed by atoms with Crippen LogP contribution >= 0.6 is 0 Å². The van der Waals surface area contributed by atoms with Gasteiger partial charge in [-0.3, -0.25) is 4.90 Å². The minimum absolute atomic E-state index is 0.155. The molecule has 0 amide bonds. The van der Waals surface area contributed by atoms with E-state index in [4.69, 9.17) is 4.74 Å². The van der Waals surface area contributed by atoms with Crippen molar-refractivity contribution in [1.82, 2.24) is 10.2 Å². The lowest BCUT2D eigenvalue weighted by Gasteiger charge is -2.33. The fraction of sp³-hybridized carbons (Fsp3) is 0.529. The van der Waals surface area contributed by atoms with Crippen LogP contribution in [0.4, 0.5) is 0 Å². The van der Waals surface area contributed by atoms with Crippen LogP contribution in [0.15, 0.2) is 36.9 Å². The van der Waals surface area contributed by atoms with Crippen LogP contribution in [0.2, 0.25) is 0 Å². The zero-order valence-corrected chi connectivity index (χ0v) is 12.9. The maximum Gasteiger partial charge on any atom is 0.120 e. The summed E-state index contributed by atoms with van der Waals surface area (Å²) in [6.07, 6.45) is 2.03. The predicted molar refractivity (Wildman–Crippen MR) is 84.2 cm³/mol. The van der Waals surface area contributed by atoms with Gasteiger partial charge in [-0.25, -0.2) is 0 Å². The maximum absolute atomic E-state index is 5.87. The van der Waals surface area contributed by atoms with Gasteiger partial charge >= 0.3 is 0 Å². The second kappa shape index (κ2) is 6.42. The molecule has 20 heavy (non-hydrogen) atoms. The zero-order chi connectivity index (χ0) is 14.6. The van der Waals surface area contributed by atoms with Gasteiger partial charge in [0.1, 0.15) is 11.4 Å². The van der Waals surface area contributed by atoms with Gasteiger partial charge in [-0.2, -0.15) is 0 Å². The van der Waals surface area contributed by atoms with Crippen molar-refractivity contribution in [3.05, 3.63) is 42.5 Å². The number of benzene rings is 1. The van der Waals surface area contributed by atoms with Crippen LogP contribution < -0.4 is 10.1 Å². The molecule has 0 aliphatic carbocycles. The molecule has 0 bridgehead atoms. The highest BCUT2D eigenvalue weighted by molar-refractivity contribution is 5.31. The molecule has 1 atom stereocenters. The third kappa shape index (κ3) is 4.09. The summed E-state index contributed by atoms with van der Waals surface area (Å²) in [5.74, 6) is 0.921. The molecule has 3 heteroatoms. The van der Waals surface area contributed by atoms with Crippen molar-refractivity contribution in [3.63, 3.8) is 0 Å². The first kappa shape index (κ1) is 15.1. The van der Waals surface area contributed by atoms with E-state index in [0.29, 0.717) is 6.04 Å². The molecule has 0 unspecified atom stereocenters. The van der Waals surface area contributed by atoms with Crippen molar-refractivity contribution in [2.24, 2.45) is 0 Å². The van der Waals surface area contributed by atoms with Gasteiger partial charge in [0, 0.05) is 26.2 Å². The highest BCUT2D eigenvalue weighted by Gasteiger charge is 2.19. The lowest BCUT2D eigenvalue weighted by Crippen LogP contribution is -2.44. The molecule has 1 fully saturated rings. The first-order valence-corrected chi connectivity index (χ1v) is 7.36. The van der Waals surface area contributed by atoms with Gasteiger partial charge in [0.25, 0.3) is 0 Å². The van der Waals surface area contributed by atoms with E-state index in [1.54, 1.807) is 0 Å². The summed E-state index contributed by atoms with van der Waals surface area (Å²) in [5.41, 5.74) is 1.13. The van der Waals surface area contributed by atoms with E-state index in [-0.39, 0.29) is 5.60 Å². The van der Waals surface area contributed by atoms with Gasteiger partial charge in [-0.15, -0.1) is 6.58 Å². The van der Waals surface area contributed by atoms with Crippen LogP contribution in [-0.4, -0.2) is 36.7 Å². The van der Waals surface area contributed by atoms with Crippen molar-refractivity contribution in [2.45, 2.75) is 32.4 Å². The number of ether oxygens (including phenoxy) is 1. The predicted octanol–water partition coefficient (Wildman–Crippen LogP) is 3.00. The summed E-state index contributed by atoms with van der Waals surface area (Å²) in [6.45, 7) is 14.4. The van der Waals surface area contributed by atoms with Crippen LogP contribution in [-0.2, 0) is 0 Å². The van der Waals surface area contributed by atoms with Crippen molar-refractivity contribution in [3.8, 4) is 5.75 Å². The molecule has 3 nitrogen and oxygen atoms in total. The molecule has 0 spiro atoms. The Hall–Kier alpha value is -1.32. The second-order valence-electron chi connectivity index (χ2n) is 6.25. The molecule has 0 radical (unpaired) electrons. The SMILES string of the molecule is C=C[C@@H](c1ccc(OC(C)(C)C)cc1)N1CCNCC1. The van der Waals surface area contributed by atoms with Gasteiger partial charge in [-0.05, 0) is 38.5 Å². The fourth-order valence-corrected chi connectivity index (χ4v) is 2.54. The molecule has 1 aliphatic rings. The molecular weight excluding hydrogens is 248 g/mol. The van der Waals surface area contributed by atoms with Gasteiger partial charge in [0.15, 0.2) is 0 Å². The van der Waals surface area contributed by atoms with Crippen molar-refractivity contribution < 1.29 is 4.74 Å². The Morgan fingerprint density at radius 2 is 1.80 bits per heavy atom. The minimum atomic E-state index is -0.155. The quantitative estimate of drug-likeness (QED) is 0.854. The molecular formula is C17H26N2O. The second-order valence-corrected chi connectivity index (χ2v) is 6.25. The molecule has 1 N–H and O–H groups in total. The van der Waals surface area contributed by atoms with Gasteiger partial charge in [0.05, 0.1) is 6.04 Å². The van der Waals surface area contributed by atoms with Crippen LogP contribution in [0.3, 0.4) is 0 Å². The number of rotatable bonds is 4. The number of piperazine rings is 1. The number of nitrogens with zero attached hydrogens (tertiary/aromatic N) is 1. The summed E-state index contributed by atoms with van der Waals surface area (Å²) in [4.78, 5) is 2.46. The van der Waals surface area contributed by atoms with Gasteiger partial charge < -0.3 is 10.1 Å². The lowest BCUT2D eigenvalue weighted by atomic mass is 10.0. The third-order valence-corrected chi connectivity index (χ3v) is 3.41. The average molecular weight is 274 g/mol.